The van der Waals surface area contributed by atoms with Gasteiger partial charge in [0.05, 0.1) is 0 Å². The molecule has 8 heteroatoms. The Morgan fingerprint density at radius 2 is 1.88 bits per heavy atom. The zero-order valence-electron chi connectivity index (χ0n) is 8.75. The summed E-state index contributed by atoms with van der Waals surface area (Å²) >= 11 is 0. The first kappa shape index (κ1) is 13.1. The molecule has 0 amide bonds. The molecule has 16 heavy (non-hydrogen) atoms. The van der Waals surface area contributed by atoms with Crippen molar-refractivity contribution in [3.8, 4) is 0 Å². The molecule has 1 aromatic carbocycles. The lowest BCUT2D eigenvalue weighted by Gasteiger charge is -2.12. The van der Waals surface area contributed by atoms with Gasteiger partial charge in [-0.3, -0.25) is 0 Å². The van der Waals surface area contributed by atoms with Crippen LogP contribution in [0.25, 0.3) is 0 Å². The number of hydrogen-bond donors (Lipinski definition) is 2. The molecule has 0 bridgehead atoms. The first-order chi connectivity index (χ1) is 7.26. The number of nitrogens with zero attached hydrogens (tertiary/aromatic N) is 1. The van der Waals surface area contributed by atoms with E-state index in [0.29, 0.717) is 0 Å². The number of halogens is 1. The topological polar surface area (TPSA) is 77.8 Å². The smallest absolute Gasteiger partial charge is 0.423 e. The van der Waals surface area contributed by atoms with Crippen LogP contribution in [0.2, 0.25) is 0 Å². The van der Waals surface area contributed by atoms with E-state index in [-0.39, 0.29) is 5.46 Å². The van der Waals surface area contributed by atoms with Gasteiger partial charge in [0.15, 0.2) is 0 Å². The Morgan fingerprint density at radius 3 is 2.25 bits per heavy atom. The molecule has 0 atom stereocenters. The lowest BCUT2D eigenvalue weighted by molar-refractivity contribution is 0.425. The Kier molecular flexibility index (Phi) is 3.69. The maximum atomic E-state index is 13.4. The van der Waals surface area contributed by atoms with Gasteiger partial charge in [0, 0.05) is 14.1 Å². The van der Waals surface area contributed by atoms with E-state index in [2.05, 4.69) is 0 Å². The highest BCUT2D eigenvalue weighted by atomic mass is 32.2. The average molecular weight is 247 g/mol. The summed E-state index contributed by atoms with van der Waals surface area (Å²) in [7, 11) is -3.12. The molecule has 0 saturated carbocycles. The summed E-state index contributed by atoms with van der Waals surface area (Å²) < 4.78 is 37.5. The van der Waals surface area contributed by atoms with Crippen LogP contribution in [0, 0.1) is 5.82 Å². The monoisotopic (exact) mass is 247 g/mol. The molecular weight excluding hydrogens is 236 g/mol. The van der Waals surface area contributed by atoms with Crippen molar-refractivity contribution in [2.24, 2.45) is 0 Å². The number of hydrogen-bond acceptors (Lipinski definition) is 4. The van der Waals surface area contributed by atoms with E-state index in [1.165, 1.54) is 14.1 Å². The summed E-state index contributed by atoms with van der Waals surface area (Å²) in [6.07, 6.45) is 0. The second-order valence-corrected chi connectivity index (χ2v) is 5.47. The zero-order chi connectivity index (χ0) is 12.5. The third-order valence-corrected chi connectivity index (χ3v) is 3.86. The molecule has 0 aliphatic rings. The minimum Gasteiger partial charge on any atom is -0.423 e. The molecule has 0 aliphatic heterocycles. The van der Waals surface area contributed by atoms with Crippen molar-refractivity contribution in [1.82, 2.24) is 4.31 Å². The van der Waals surface area contributed by atoms with Crippen molar-refractivity contribution in [2.75, 3.05) is 14.1 Å². The number of rotatable bonds is 3. The van der Waals surface area contributed by atoms with Crippen molar-refractivity contribution in [3.63, 3.8) is 0 Å². The van der Waals surface area contributed by atoms with Crippen LogP contribution in [0.1, 0.15) is 0 Å². The number of benzene rings is 1. The molecular formula is C8H11BFNO4S. The third-order valence-electron chi connectivity index (χ3n) is 2.01. The van der Waals surface area contributed by atoms with E-state index < -0.39 is 27.9 Å². The molecule has 0 aliphatic carbocycles. The molecule has 0 unspecified atom stereocenters. The molecule has 0 spiro atoms. The summed E-state index contributed by atoms with van der Waals surface area (Å²) in [5.41, 5.74) is -0.102. The second kappa shape index (κ2) is 4.50. The van der Waals surface area contributed by atoms with E-state index in [4.69, 9.17) is 10.0 Å². The summed E-state index contributed by atoms with van der Waals surface area (Å²) in [6, 6.07) is 2.92. The van der Waals surface area contributed by atoms with E-state index in [0.717, 1.165) is 22.5 Å². The van der Waals surface area contributed by atoms with E-state index in [1.807, 2.05) is 0 Å². The zero-order valence-corrected chi connectivity index (χ0v) is 9.57. The Labute approximate surface area is 93.3 Å². The summed E-state index contributed by atoms with van der Waals surface area (Å²) in [5.74, 6) is -1.01. The summed E-state index contributed by atoms with van der Waals surface area (Å²) in [5, 5.41) is 17.6. The normalized spacial score (nSPS) is 11.9. The standard InChI is InChI=1S/C8H11BFNO4S/c1-11(2)16(14,15)8-4-3-6(9(12)13)5-7(8)10/h3-5,12-13H,1-2H3. The molecule has 1 aromatic rings. The van der Waals surface area contributed by atoms with Gasteiger partial charge >= 0.3 is 7.12 Å². The van der Waals surface area contributed by atoms with Gasteiger partial charge < -0.3 is 10.0 Å². The van der Waals surface area contributed by atoms with Crippen LogP contribution in [0.15, 0.2) is 23.1 Å². The van der Waals surface area contributed by atoms with Crippen molar-refractivity contribution < 1.29 is 22.9 Å². The Morgan fingerprint density at radius 1 is 1.31 bits per heavy atom. The average Bonchev–Trinajstić information content (AvgIpc) is 2.16. The van der Waals surface area contributed by atoms with E-state index in [9.17, 15) is 12.8 Å². The maximum Gasteiger partial charge on any atom is 0.488 e. The van der Waals surface area contributed by atoms with Gasteiger partial charge in [-0.25, -0.2) is 17.1 Å². The van der Waals surface area contributed by atoms with Crippen molar-refractivity contribution >= 4 is 22.6 Å². The van der Waals surface area contributed by atoms with Gasteiger partial charge in [0.1, 0.15) is 10.7 Å². The predicted molar refractivity (Wildman–Crippen MR) is 57.1 cm³/mol. The molecule has 88 valence electrons. The molecule has 5 nitrogen and oxygen atoms in total. The van der Waals surface area contributed by atoms with Crippen LogP contribution in [-0.2, 0) is 10.0 Å². The minimum absolute atomic E-state index is 0.102. The van der Waals surface area contributed by atoms with Crippen LogP contribution >= 0.6 is 0 Å². The molecule has 1 rings (SSSR count). The Hall–Kier alpha value is -0.955. The van der Waals surface area contributed by atoms with Gasteiger partial charge in [0.25, 0.3) is 0 Å². The quantitative estimate of drug-likeness (QED) is 0.654. The fourth-order valence-electron chi connectivity index (χ4n) is 1.08. The minimum atomic E-state index is -3.85. The predicted octanol–water partition coefficient (Wildman–Crippen LogP) is -1.24. The van der Waals surface area contributed by atoms with Crippen LogP contribution in [0.3, 0.4) is 0 Å². The van der Waals surface area contributed by atoms with Gasteiger partial charge in [-0.05, 0) is 17.6 Å². The third kappa shape index (κ3) is 2.41. The molecule has 0 fully saturated rings. The highest BCUT2D eigenvalue weighted by molar-refractivity contribution is 7.89. The van der Waals surface area contributed by atoms with Crippen molar-refractivity contribution in [2.45, 2.75) is 4.90 Å². The van der Waals surface area contributed by atoms with Crippen LogP contribution < -0.4 is 5.46 Å². The van der Waals surface area contributed by atoms with Crippen molar-refractivity contribution in [1.29, 1.82) is 0 Å². The summed E-state index contributed by atoms with van der Waals surface area (Å²) in [4.78, 5) is -0.498. The molecule has 0 aromatic heterocycles. The van der Waals surface area contributed by atoms with Crippen LogP contribution in [0.4, 0.5) is 4.39 Å². The molecule has 2 N–H and O–H groups in total. The molecule has 0 saturated heterocycles. The first-order valence-corrected chi connectivity index (χ1v) is 5.79. The lowest BCUT2D eigenvalue weighted by atomic mass is 9.80. The first-order valence-electron chi connectivity index (χ1n) is 4.35. The van der Waals surface area contributed by atoms with Gasteiger partial charge in [-0.15, -0.1) is 0 Å². The second-order valence-electron chi connectivity index (χ2n) is 3.35. The number of sulfonamides is 1. The van der Waals surface area contributed by atoms with E-state index >= 15 is 0 Å². The Balaban J connectivity index is 3.30. The largest absolute Gasteiger partial charge is 0.488 e. The van der Waals surface area contributed by atoms with Gasteiger partial charge in [-0.1, -0.05) is 6.07 Å². The van der Waals surface area contributed by atoms with Crippen LogP contribution in [-0.4, -0.2) is 44.0 Å². The Bertz CT molecular complexity index is 489. The van der Waals surface area contributed by atoms with Crippen LogP contribution in [0.5, 0.6) is 0 Å². The van der Waals surface area contributed by atoms with Gasteiger partial charge in [0.2, 0.25) is 10.0 Å². The summed E-state index contributed by atoms with van der Waals surface area (Å²) in [6.45, 7) is 0. The fraction of sp³-hybridized carbons (Fsp3) is 0.250. The lowest BCUT2D eigenvalue weighted by Crippen LogP contribution is -2.31. The highest BCUT2D eigenvalue weighted by Gasteiger charge is 2.23. The fourth-order valence-corrected chi connectivity index (χ4v) is 2.02. The molecule has 0 radical (unpaired) electrons. The highest BCUT2D eigenvalue weighted by Crippen LogP contribution is 2.15. The van der Waals surface area contributed by atoms with E-state index in [1.54, 1.807) is 0 Å². The van der Waals surface area contributed by atoms with Gasteiger partial charge in [-0.2, -0.15) is 0 Å². The maximum absolute atomic E-state index is 13.4. The SMILES string of the molecule is CN(C)S(=O)(=O)c1ccc(B(O)O)cc1F. The molecule has 0 heterocycles. The van der Waals surface area contributed by atoms with Crippen molar-refractivity contribution in [3.05, 3.63) is 24.0 Å².